The Labute approximate surface area is 132 Å². The molecular formula is C19H14BrF. The first-order valence-electron chi connectivity index (χ1n) is 6.79. The Morgan fingerprint density at radius 3 is 1.90 bits per heavy atom. The van der Waals surface area contributed by atoms with Crippen LogP contribution < -0.4 is 0 Å². The highest BCUT2D eigenvalue weighted by Crippen LogP contribution is 2.33. The zero-order valence-electron chi connectivity index (χ0n) is 11.3. The highest BCUT2D eigenvalue weighted by molar-refractivity contribution is 9.09. The van der Waals surface area contributed by atoms with Gasteiger partial charge in [-0.1, -0.05) is 88.7 Å². The summed E-state index contributed by atoms with van der Waals surface area (Å²) in [7, 11) is 0. The van der Waals surface area contributed by atoms with Crippen LogP contribution in [0.3, 0.4) is 0 Å². The maximum Gasteiger partial charge on any atom is 0.127 e. The van der Waals surface area contributed by atoms with Gasteiger partial charge in [-0.25, -0.2) is 4.39 Å². The maximum absolute atomic E-state index is 13.8. The van der Waals surface area contributed by atoms with Gasteiger partial charge in [-0.3, -0.25) is 0 Å². The molecule has 3 aromatic carbocycles. The first kappa shape index (κ1) is 14.0. The van der Waals surface area contributed by atoms with Crippen LogP contribution in [0, 0.1) is 5.82 Å². The van der Waals surface area contributed by atoms with Gasteiger partial charge in [-0.05, 0) is 22.8 Å². The van der Waals surface area contributed by atoms with Crippen LogP contribution in [0.4, 0.5) is 4.39 Å². The minimum absolute atomic E-state index is 0.136. The number of alkyl halides is 1. The molecule has 0 aromatic heterocycles. The van der Waals surface area contributed by atoms with Gasteiger partial charge in [0.25, 0.3) is 0 Å². The Balaban J connectivity index is 1.89. The number of rotatable bonds is 3. The summed E-state index contributed by atoms with van der Waals surface area (Å²) in [6.07, 6.45) is 0. The van der Waals surface area contributed by atoms with Crippen LogP contribution in [0.5, 0.6) is 0 Å². The van der Waals surface area contributed by atoms with Crippen LogP contribution in [0.1, 0.15) is 16.0 Å². The molecule has 0 aliphatic carbocycles. The van der Waals surface area contributed by atoms with Crippen LogP contribution in [0.2, 0.25) is 0 Å². The van der Waals surface area contributed by atoms with E-state index < -0.39 is 0 Å². The molecule has 2 heteroatoms. The molecule has 0 fully saturated rings. The van der Waals surface area contributed by atoms with Gasteiger partial charge < -0.3 is 0 Å². The first-order valence-corrected chi connectivity index (χ1v) is 7.71. The zero-order chi connectivity index (χ0) is 14.7. The van der Waals surface area contributed by atoms with Gasteiger partial charge in [0.05, 0.1) is 4.83 Å². The Kier molecular flexibility index (Phi) is 4.16. The fourth-order valence-electron chi connectivity index (χ4n) is 2.34. The summed E-state index contributed by atoms with van der Waals surface area (Å²) in [5.74, 6) is -0.188. The largest absolute Gasteiger partial charge is 0.207 e. The normalized spacial score (nSPS) is 12.1. The minimum Gasteiger partial charge on any atom is -0.207 e. The van der Waals surface area contributed by atoms with Gasteiger partial charge in [0, 0.05) is 5.56 Å². The molecule has 0 spiro atoms. The third-order valence-corrected chi connectivity index (χ3v) is 4.51. The number of hydrogen-bond donors (Lipinski definition) is 0. The third-order valence-electron chi connectivity index (χ3n) is 3.49. The molecule has 0 bridgehead atoms. The lowest BCUT2D eigenvalue weighted by Crippen LogP contribution is -1.96. The summed E-state index contributed by atoms with van der Waals surface area (Å²) in [6, 6.07) is 25.3. The van der Waals surface area contributed by atoms with Crippen molar-refractivity contribution >= 4 is 15.9 Å². The van der Waals surface area contributed by atoms with Crippen molar-refractivity contribution in [3.05, 3.63) is 95.8 Å². The smallest absolute Gasteiger partial charge is 0.127 e. The van der Waals surface area contributed by atoms with Crippen LogP contribution in [0.25, 0.3) is 11.1 Å². The van der Waals surface area contributed by atoms with E-state index in [4.69, 9.17) is 0 Å². The molecule has 0 saturated heterocycles. The second-order valence-corrected chi connectivity index (χ2v) is 5.79. The monoisotopic (exact) mass is 340 g/mol. The van der Waals surface area contributed by atoms with E-state index in [0.717, 1.165) is 11.1 Å². The van der Waals surface area contributed by atoms with Gasteiger partial charge in [-0.15, -0.1) is 0 Å². The van der Waals surface area contributed by atoms with Gasteiger partial charge in [-0.2, -0.15) is 0 Å². The summed E-state index contributed by atoms with van der Waals surface area (Å²) < 4.78 is 13.8. The van der Waals surface area contributed by atoms with E-state index in [9.17, 15) is 4.39 Å². The molecule has 21 heavy (non-hydrogen) atoms. The topological polar surface area (TPSA) is 0 Å². The van der Waals surface area contributed by atoms with E-state index in [2.05, 4.69) is 40.2 Å². The van der Waals surface area contributed by atoms with E-state index in [1.807, 2.05) is 36.4 Å². The second kappa shape index (κ2) is 6.23. The van der Waals surface area contributed by atoms with Crippen molar-refractivity contribution in [1.82, 2.24) is 0 Å². The van der Waals surface area contributed by atoms with Gasteiger partial charge in [0.15, 0.2) is 0 Å². The standard InChI is InChI=1S/C19H14BrF/c20-19(17-8-4-5-9-18(17)21)16-12-10-15(11-13-16)14-6-2-1-3-7-14/h1-13,19H. The molecule has 0 radical (unpaired) electrons. The molecule has 0 aliphatic rings. The number of halogens is 2. The maximum atomic E-state index is 13.8. The molecule has 0 heterocycles. The lowest BCUT2D eigenvalue weighted by Gasteiger charge is -2.12. The zero-order valence-corrected chi connectivity index (χ0v) is 12.9. The summed E-state index contributed by atoms with van der Waals surface area (Å²) in [4.78, 5) is -0.136. The van der Waals surface area contributed by atoms with E-state index >= 15 is 0 Å². The molecular weight excluding hydrogens is 327 g/mol. The fourth-order valence-corrected chi connectivity index (χ4v) is 3.01. The van der Waals surface area contributed by atoms with E-state index in [1.54, 1.807) is 12.1 Å². The minimum atomic E-state index is -0.188. The van der Waals surface area contributed by atoms with Crippen molar-refractivity contribution in [3.8, 4) is 11.1 Å². The van der Waals surface area contributed by atoms with E-state index in [0.29, 0.717) is 5.56 Å². The summed E-state index contributed by atoms with van der Waals surface area (Å²) in [6.45, 7) is 0. The Morgan fingerprint density at radius 1 is 0.667 bits per heavy atom. The van der Waals surface area contributed by atoms with Crippen molar-refractivity contribution in [2.45, 2.75) is 4.83 Å². The van der Waals surface area contributed by atoms with Gasteiger partial charge in [0.1, 0.15) is 5.82 Å². The average molecular weight is 341 g/mol. The van der Waals surface area contributed by atoms with Gasteiger partial charge in [0.2, 0.25) is 0 Å². The van der Waals surface area contributed by atoms with Crippen LogP contribution in [-0.2, 0) is 0 Å². The molecule has 0 saturated carbocycles. The molecule has 0 nitrogen and oxygen atoms in total. The summed E-state index contributed by atoms with van der Waals surface area (Å²) >= 11 is 3.59. The molecule has 0 N–H and O–H groups in total. The predicted molar refractivity (Wildman–Crippen MR) is 89.0 cm³/mol. The van der Waals surface area contributed by atoms with Crippen LogP contribution in [-0.4, -0.2) is 0 Å². The van der Waals surface area contributed by atoms with E-state index in [-0.39, 0.29) is 10.6 Å². The SMILES string of the molecule is Fc1ccccc1C(Br)c1ccc(-c2ccccc2)cc1. The number of hydrogen-bond acceptors (Lipinski definition) is 0. The molecule has 104 valence electrons. The average Bonchev–Trinajstić information content (AvgIpc) is 2.56. The molecule has 3 aromatic rings. The third kappa shape index (κ3) is 3.06. The van der Waals surface area contributed by atoms with Crippen molar-refractivity contribution in [2.75, 3.05) is 0 Å². The predicted octanol–water partition coefficient (Wildman–Crippen LogP) is 5.98. The van der Waals surface area contributed by atoms with Gasteiger partial charge >= 0.3 is 0 Å². The Morgan fingerprint density at radius 2 is 1.24 bits per heavy atom. The van der Waals surface area contributed by atoms with Crippen molar-refractivity contribution in [2.24, 2.45) is 0 Å². The van der Waals surface area contributed by atoms with E-state index in [1.165, 1.54) is 11.6 Å². The lowest BCUT2D eigenvalue weighted by molar-refractivity contribution is 0.613. The highest BCUT2D eigenvalue weighted by Gasteiger charge is 2.14. The molecule has 3 rings (SSSR count). The molecule has 0 aliphatic heterocycles. The second-order valence-electron chi connectivity index (χ2n) is 4.87. The van der Waals surface area contributed by atoms with Crippen molar-refractivity contribution in [3.63, 3.8) is 0 Å². The Hall–Kier alpha value is -1.93. The van der Waals surface area contributed by atoms with Crippen molar-refractivity contribution in [1.29, 1.82) is 0 Å². The summed E-state index contributed by atoms with van der Waals surface area (Å²) in [5.41, 5.74) is 4.04. The molecule has 1 unspecified atom stereocenters. The quantitative estimate of drug-likeness (QED) is 0.514. The van der Waals surface area contributed by atoms with Crippen LogP contribution >= 0.6 is 15.9 Å². The number of benzene rings is 3. The first-order chi connectivity index (χ1) is 10.3. The van der Waals surface area contributed by atoms with Crippen molar-refractivity contribution < 1.29 is 4.39 Å². The Bertz CT molecular complexity index is 720. The highest BCUT2D eigenvalue weighted by atomic mass is 79.9. The molecule has 0 amide bonds. The lowest BCUT2D eigenvalue weighted by atomic mass is 10.00. The van der Waals surface area contributed by atoms with Crippen LogP contribution in [0.15, 0.2) is 78.9 Å². The summed E-state index contributed by atoms with van der Waals surface area (Å²) in [5, 5.41) is 0. The molecule has 1 atom stereocenters. The fraction of sp³-hybridized carbons (Fsp3) is 0.0526.